The highest BCUT2D eigenvalue weighted by molar-refractivity contribution is 5.73. The van der Waals surface area contributed by atoms with Gasteiger partial charge in [-0.3, -0.25) is 13.9 Å². The number of aromatic nitrogens is 4. The van der Waals surface area contributed by atoms with Crippen molar-refractivity contribution >= 4 is 17.1 Å². The molecule has 0 aromatic carbocycles. The zero-order valence-corrected chi connectivity index (χ0v) is 12.5. The van der Waals surface area contributed by atoms with E-state index in [4.69, 9.17) is 0 Å². The molecule has 0 amide bonds. The van der Waals surface area contributed by atoms with Gasteiger partial charge in [0.1, 0.15) is 0 Å². The minimum Gasteiger partial charge on any atom is -0.342 e. The second-order valence-corrected chi connectivity index (χ2v) is 5.51. The predicted molar refractivity (Wildman–Crippen MR) is 80.9 cm³/mol. The first-order valence-electron chi connectivity index (χ1n) is 7.11. The van der Waals surface area contributed by atoms with E-state index in [0.717, 1.165) is 30.5 Å². The first-order chi connectivity index (χ1) is 10.0. The molecule has 8 heteroatoms. The predicted octanol–water partition coefficient (Wildman–Crippen LogP) is -0.851. The van der Waals surface area contributed by atoms with Crippen LogP contribution in [0.5, 0.6) is 0 Å². The fraction of sp³-hybridized carbons (Fsp3) is 0.615. The highest BCUT2D eigenvalue weighted by Crippen LogP contribution is 2.18. The first kappa shape index (κ1) is 13.9. The molecule has 0 atom stereocenters. The van der Waals surface area contributed by atoms with Crippen LogP contribution < -0.4 is 21.5 Å². The number of nitrogens with zero attached hydrogens (tertiary/aromatic N) is 4. The van der Waals surface area contributed by atoms with Crippen LogP contribution in [0, 0.1) is 0 Å². The Balaban J connectivity index is 2.03. The molecule has 0 spiro atoms. The third-order valence-electron chi connectivity index (χ3n) is 4.29. The molecule has 8 nitrogen and oxygen atoms in total. The summed E-state index contributed by atoms with van der Waals surface area (Å²) in [5.74, 6) is 0.665. The van der Waals surface area contributed by atoms with Crippen molar-refractivity contribution in [1.82, 2.24) is 24.4 Å². The Labute approximate surface area is 121 Å². The molecule has 0 bridgehead atoms. The number of aryl methyl sites for hydroxylation is 1. The molecule has 3 heterocycles. The van der Waals surface area contributed by atoms with Gasteiger partial charge in [-0.05, 0) is 19.9 Å². The summed E-state index contributed by atoms with van der Waals surface area (Å²) in [6.07, 6.45) is 2.06. The molecule has 2 N–H and O–H groups in total. The van der Waals surface area contributed by atoms with Gasteiger partial charge < -0.3 is 15.2 Å². The maximum absolute atomic E-state index is 12.1. The molecule has 3 rings (SSSR count). The molecule has 21 heavy (non-hydrogen) atoms. The lowest BCUT2D eigenvalue weighted by Gasteiger charge is -2.31. The Hall–Kier alpha value is -2.09. The van der Waals surface area contributed by atoms with Crippen LogP contribution in [-0.4, -0.2) is 45.3 Å². The van der Waals surface area contributed by atoms with Crippen molar-refractivity contribution < 1.29 is 0 Å². The highest BCUT2D eigenvalue weighted by atomic mass is 16.2. The van der Waals surface area contributed by atoms with E-state index in [1.807, 2.05) is 7.05 Å². The third kappa shape index (κ3) is 2.15. The Morgan fingerprint density at radius 3 is 2.48 bits per heavy atom. The van der Waals surface area contributed by atoms with Crippen LogP contribution >= 0.6 is 0 Å². The summed E-state index contributed by atoms with van der Waals surface area (Å²) in [6, 6.07) is 0.530. The van der Waals surface area contributed by atoms with Crippen LogP contribution in [0.1, 0.15) is 12.8 Å². The van der Waals surface area contributed by atoms with Crippen molar-refractivity contribution in [1.29, 1.82) is 0 Å². The Morgan fingerprint density at radius 1 is 1.19 bits per heavy atom. The molecular weight excluding hydrogens is 272 g/mol. The molecule has 0 saturated carbocycles. The third-order valence-corrected chi connectivity index (χ3v) is 4.29. The summed E-state index contributed by atoms with van der Waals surface area (Å²) in [7, 11) is 5.08. The summed E-state index contributed by atoms with van der Waals surface area (Å²) < 4.78 is 2.49. The van der Waals surface area contributed by atoms with Crippen molar-refractivity contribution in [2.45, 2.75) is 18.9 Å². The van der Waals surface area contributed by atoms with Gasteiger partial charge in [0.05, 0.1) is 0 Å². The number of rotatable bonds is 2. The van der Waals surface area contributed by atoms with Crippen molar-refractivity contribution in [3.63, 3.8) is 0 Å². The number of aromatic amines is 1. The van der Waals surface area contributed by atoms with E-state index in [1.165, 1.54) is 11.6 Å². The molecule has 1 aliphatic rings. The van der Waals surface area contributed by atoms with Crippen LogP contribution in [0.4, 0.5) is 5.95 Å². The molecule has 114 valence electrons. The quantitative estimate of drug-likeness (QED) is 0.753. The van der Waals surface area contributed by atoms with E-state index in [2.05, 4.69) is 20.2 Å². The van der Waals surface area contributed by atoms with Crippen LogP contribution in [-0.2, 0) is 14.1 Å². The second-order valence-electron chi connectivity index (χ2n) is 5.51. The van der Waals surface area contributed by atoms with E-state index >= 15 is 0 Å². The van der Waals surface area contributed by atoms with Gasteiger partial charge in [-0.2, -0.15) is 4.98 Å². The van der Waals surface area contributed by atoms with Gasteiger partial charge in [0.2, 0.25) is 5.95 Å². The van der Waals surface area contributed by atoms with Crippen molar-refractivity contribution in [3.05, 3.63) is 20.8 Å². The lowest BCUT2D eigenvalue weighted by molar-refractivity contribution is 0.439. The number of hydrogen-bond donors (Lipinski definition) is 2. The van der Waals surface area contributed by atoms with E-state index in [0.29, 0.717) is 23.2 Å². The molecule has 2 aromatic rings. The molecule has 2 aromatic heterocycles. The Bertz CT molecular complexity index is 778. The van der Waals surface area contributed by atoms with Crippen LogP contribution in [0.25, 0.3) is 11.2 Å². The molecule has 1 fully saturated rings. The molecular formula is C13H20N6O2. The van der Waals surface area contributed by atoms with Gasteiger partial charge in [0.15, 0.2) is 11.2 Å². The Kier molecular flexibility index (Phi) is 3.32. The van der Waals surface area contributed by atoms with Gasteiger partial charge in [-0.25, -0.2) is 4.79 Å². The van der Waals surface area contributed by atoms with E-state index < -0.39 is 0 Å². The number of imidazole rings is 1. The Morgan fingerprint density at radius 2 is 1.86 bits per heavy atom. The largest absolute Gasteiger partial charge is 0.342 e. The van der Waals surface area contributed by atoms with E-state index in [1.54, 1.807) is 7.05 Å². The SMILES string of the molecule is CNC1CCN(c2nc3c([nH]2)c(=O)n(C)c(=O)n3C)CC1. The number of piperidine rings is 1. The summed E-state index contributed by atoms with van der Waals surface area (Å²) in [4.78, 5) is 33.7. The molecule has 0 aliphatic carbocycles. The minimum absolute atomic E-state index is 0.336. The second kappa shape index (κ2) is 5.03. The van der Waals surface area contributed by atoms with Gasteiger partial charge >= 0.3 is 5.69 Å². The average molecular weight is 292 g/mol. The lowest BCUT2D eigenvalue weighted by Crippen LogP contribution is -2.41. The maximum atomic E-state index is 12.1. The van der Waals surface area contributed by atoms with Gasteiger partial charge in [0.25, 0.3) is 5.56 Å². The van der Waals surface area contributed by atoms with E-state index in [9.17, 15) is 9.59 Å². The fourth-order valence-corrected chi connectivity index (χ4v) is 2.84. The number of fused-ring (bicyclic) bond motifs is 1. The topological polar surface area (TPSA) is 88.0 Å². The number of H-pyrrole nitrogens is 1. The zero-order chi connectivity index (χ0) is 15.1. The lowest BCUT2D eigenvalue weighted by atomic mass is 10.1. The summed E-state index contributed by atoms with van der Waals surface area (Å²) >= 11 is 0. The van der Waals surface area contributed by atoms with E-state index in [-0.39, 0.29) is 11.2 Å². The summed E-state index contributed by atoms with van der Waals surface area (Å²) in [6.45, 7) is 1.75. The standard InChI is InChI=1S/C13H20N6O2/c1-14-8-4-6-19(7-5-8)12-15-9-10(16-12)17(2)13(21)18(3)11(9)20/h8,14H,4-7H2,1-3H3,(H,15,16). The number of anilines is 1. The fourth-order valence-electron chi connectivity index (χ4n) is 2.84. The normalized spacial score (nSPS) is 16.8. The van der Waals surface area contributed by atoms with Crippen molar-refractivity contribution in [2.24, 2.45) is 14.1 Å². The first-order valence-corrected chi connectivity index (χ1v) is 7.11. The zero-order valence-electron chi connectivity index (χ0n) is 12.5. The molecule has 1 saturated heterocycles. The molecule has 0 radical (unpaired) electrons. The van der Waals surface area contributed by atoms with Crippen LogP contribution in [0.3, 0.4) is 0 Å². The van der Waals surface area contributed by atoms with Crippen molar-refractivity contribution in [2.75, 3.05) is 25.0 Å². The smallest absolute Gasteiger partial charge is 0.332 e. The van der Waals surface area contributed by atoms with Gasteiger partial charge in [-0.15, -0.1) is 0 Å². The number of hydrogen-bond acceptors (Lipinski definition) is 5. The monoisotopic (exact) mass is 292 g/mol. The minimum atomic E-state index is -0.362. The molecule has 0 unspecified atom stereocenters. The van der Waals surface area contributed by atoms with Gasteiger partial charge in [0, 0.05) is 33.2 Å². The van der Waals surface area contributed by atoms with Crippen LogP contribution in [0.15, 0.2) is 9.59 Å². The van der Waals surface area contributed by atoms with Gasteiger partial charge in [-0.1, -0.05) is 0 Å². The highest BCUT2D eigenvalue weighted by Gasteiger charge is 2.22. The summed E-state index contributed by atoms with van der Waals surface area (Å²) in [5, 5.41) is 3.28. The number of nitrogens with one attached hydrogen (secondary N) is 2. The van der Waals surface area contributed by atoms with Crippen molar-refractivity contribution in [3.8, 4) is 0 Å². The summed E-state index contributed by atoms with van der Waals surface area (Å²) in [5.41, 5.74) is 0.0931. The molecule has 1 aliphatic heterocycles. The average Bonchev–Trinajstić information content (AvgIpc) is 2.96. The van der Waals surface area contributed by atoms with Crippen LogP contribution in [0.2, 0.25) is 0 Å². The maximum Gasteiger partial charge on any atom is 0.332 e.